The van der Waals surface area contributed by atoms with E-state index in [9.17, 15) is 14.4 Å². The summed E-state index contributed by atoms with van der Waals surface area (Å²) in [5.74, 6) is -0.651. The second kappa shape index (κ2) is 8.72. The van der Waals surface area contributed by atoms with E-state index in [1.807, 2.05) is 31.2 Å². The summed E-state index contributed by atoms with van der Waals surface area (Å²) in [5.41, 5.74) is 1.77. The number of urea groups is 1. The molecule has 1 aromatic carbocycles. The molecule has 1 N–H and O–H groups in total. The Balaban J connectivity index is 1.55. The third-order valence-corrected chi connectivity index (χ3v) is 7.27. The van der Waals surface area contributed by atoms with Crippen molar-refractivity contribution in [2.75, 3.05) is 25.2 Å². The summed E-state index contributed by atoms with van der Waals surface area (Å²) >= 11 is 2.74. The quantitative estimate of drug-likeness (QED) is 0.673. The molecule has 2 aliphatic heterocycles. The molecule has 31 heavy (non-hydrogen) atoms. The number of para-hydroxylation sites is 1. The number of thioether (sulfide) groups is 1. The minimum Gasteiger partial charge on any atom is -0.301 e. The number of hydrogen-bond acceptors (Lipinski definition) is 7. The zero-order chi connectivity index (χ0) is 22.1. The number of aliphatic imine (C=N–C) groups is 1. The molecular weight excluding hydrogens is 434 g/mol. The average molecular weight is 457 g/mol. The van der Waals surface area contributed by atoms with Crippen LogP contribution in [0.5, 0.6) is 0 Å². The number of carbonyl (C=O) groups excluding carboxylic acids is 3. The Morgan fingerprint density at radius 3 is 2.84 bits per heavy atom. The van der Waals surface area contributed by atoms with E-state index < -0.39 is 11.9 Å². The Morgan fingerprint density at radius 2 is 2.10 bits per heavy atom. The average Bonchev–Trinajstić information content (AvgIpc) is 3.17. The van der Waals surface area contributed by atoms with Gasteiger partial charge in [0.1, 0.15) is 6.21 Å². The highest BCUT2D eigenvalue weighted by molar-refractivity contribution is 8.03. The molecule has 3 heterocycles. The van der Waals surface area contributed by atoms with Crippen molar-refractivity contribution < 1.29 is 19.0 Å². The lowest BCUT2D eigenvalue weighted by Crippen LogP contribution is -2.52. The first-order valence-corrected chi connectivity index (χ1v) is 11.7. The molecule has 2 aliphatic rings. The van der Waals surface area contributed by atoms with Crippen LogP contribution in [0.1, 0.15) is 19.8 Å². The van der Waals surface area contributed by atoms with Gasteiger partial charge in [-0.2, -0.15) is 9.48 Å². The van der Waals surface area contributed by atoms with Crippen molar-refractivity contribution in [2.45, 2.75) is 19.8 Å². The van der Waals surface area contributed by atoms with E-state index in [2.05, 4.69) is 15.3 Å². The second-order valence-corrected chi connectivity index (χ2v) is 9.30. The molecule has 0 bridgehead atoms. The van der Waals surface area contributed by atoms with E-state index in [4.69, 9.17) is 0 Å². The lowest BCUT2D eigenvalue weighted by molar-refractivity contribution is -0.407. The first kappa shape index (κ1) is 21.4. The van der Waals surface area contributed by atoms with Crippen LogP contribution in [0.4, 0.5) is 9.93 Å². The minimum absolute atomic E-state index is 0.130. The molecule has 8 nitrogen and oxygen atoms in total. The fourth-order valence-corrected chi connectivity index (χ4v) is 5.51. The van der Waals surface area contributed by atoms with Crippen molar-refractivity contribution in [1.82, 2.24) is 9.88 Å². The summed E-state index contributed by atoms with van der Waals surface area (Å²) < 4.78 is 2.40. The largest absolute Gasteiger partial charge is 0.445 e. The summed E-state index contributed by atoms with van der Waals surface area (Å²) in [6.07, 6.45) is 3.33. The number of allylic oxidation sites excluding steroid dienone is 1. The highest BCUT2D eigenvalue weighted by Crippen LogP contribution is 2.36. The third-order valence-electron chi connectivity index (χ3n) is 5.10. The number of rotatable bonds is 6. The lowest BCUT2D eigenvalue weighted by atomic mass is 9.96. The summed E-state index contributed by atoms with van der Waals surface area (Å²) in [6, 6.07) is 7.29. The maximum Gasteiger partial charge on any atom is 0.445 e. The summed E-state index contributed by atoms with van der Waals surface area (Å²) in [6.45, 7) is 2.05. The molecule has 4 amide bonds. The van der Waals surface area contributed by atoms with Crippen LogP contribution in [0.3, 0.4) is 0 Å². The smallest absolute Gasteiger partial charge is 0.301 e. The Hall–Kier alpha value is -2.85. The van der Waals surface area contributed by atoms with Gasteiger partial charge in [0.15, 0.2) is 11.0 Å². The maximum absolute atomic E-state index is 12.9. The Morgan fingerprint density at radius 1 is 1.32 bits per heavy atom. The zero-order valence-corrected chi connectivity index (χ0v) is 19.0. The Kier molecular flexibility index (Phi) is 6.01. The molecule has 160 valence electrons. The van der Waals surface area contributed by atoms with Gasteiger partial charge in [-0.25, -0.2) is 9.78 Å². The molecule has 1 unspecified atom stereocenters. The van der Waals surface area contributed by atoms with Crippen LogP contribution in [-0.4, -0.2) is 64.2 Å². The van der Waals surface area contributed by atoms with Crippen molar-refractivity contribution in [3.63, 3.8) is 0 Å². The van der Waals surface area contributed by atoms with Gasteiger partial charge in [-0.15, -0.1) is 16.8 Å². The molecule has 0 aliphatic carbocycles. The monoisotopic (exact) mass is 456 g/mol. The predicted molar refractivity (Wildman–Crippen MR) is 124 cm³/mol. The van der Waals surface area contributed by atoms with E-state index >= 15 is 0 Å². The van der Waals surface area contributed by atoms with E-state index in [0.717, 1.165) is 38.4 Å². The molecule has 0 fully saturated rings. The summed E-state index contributed by atoms with van der Waals surface area (Å²) in [4.78, 5) is 48.6. The van der Waals surface area contributed by atoms with Crippen LogP contribution in [-0.2, 0) is 9.59 Å². The van der Waals surface area contributed by atoms with Crippen LogP contribution in [0.15, 0.2) is 39.7 Å². The fraction of sp³-hybridized carbons (Fsp3) is 0.333. The highest BCUT2D eigenvalue weighted by atomic mass is 32.2. The summed E-state index contributed by atoms with van der Waals surface area (Å²) in [5, 5.41) is 3.40. The van der Waals surface area contributed by atoms with Gasteiger partial charge in [0.05, 0.1) is 30.1 Å². The molecular formula is C21H22N5O3S2+. The number of amides is 4. The molecule has 0 saturated carbocycles. The number of imide groups is 1. The Labute approximate surface area is 187 Å². The van der Waals surface area contributed by atoms with Crippen molar-refractivity contribution in [2.24, 2.45) is 10.9 Å². The normalized spacial score (nSPS) is 18.8. The highest BCUT2D eigenvalue weighted by Gasteiger charge is 2.48. The van der Waals surface area contributed by atoms with Crippen molar-refractivity contribution in [3.05, 3.63) is 34.7 Å². The van der Waals surface area contributed by atoms with Crippen molar-refractivity contribution in [1.29, 1.82) is 0 Å². The first-order valence-electron chi connectivity index (χ1n) is 9.88. The summed E-state index contributed by atoms with van der Waals surface area (Å²) in [7, 11) is 3.08. The van der Waals surface area contributed by atoms with E-state index in [0.29, 0.717) is 11.0 Å². The van der Waals surface area contributed by atoms with Gasteiger partial charge in [-0.3, -0.25) is 9.59 Å². The number of hydrogen-bond donors (Lipinski definition) is 1. The van der Waals surface area contributed by atoms with Gasteiger partial charge < -0.3 is 5.32 Å². The van der Waals surface area contributed by atoms with Gasteiger partial charge in [-0.05, 0) is 24.1 Å². The van der Waals surface area contributed by atoms with Gasteiger partial charge in [0, 0.05) is 4.91 Å². The molecule has 0 radical (unpaired) electrons. The van der Waals surface area contributed by atoms with E-state index in [1.54, 1.807) is 13.3 Å². The molecule has 1 atom stereocenters. The van der Waals surface area contributed by atoms with Gasteiger partial charge in [-0.1, -0.05) is 36.8 Å². The fourth-order valence-electron chi connectivity index (χ4n) is 3.56. The molecule has 0 saturated heterocycles. The van der Waals surface area contributed by atoms with E-state index in [1.165, 1.54) is 34.7 Å². The number of amidine groups is 1. The van der Waals surface area contributed by atoms with Crippen molar-refractivity contribution >= 4 is 68.3 Å². The SMILES string of the molecule is CCCC1=C(SCC(=O)Nc2nc3ccccc3s2)C2C(=O)N(C)C(=O)[N+](C)=C2N=C1. The number of fused-ring (bicyclic) bond motifs is 2. The number of nitrogens with zero attached hydrogens (tertiary/aromatic N) is 4. The van der Waals surface area contributed by atoms with Crippen LogP contribution < -0.4 is 5.32 Å². The van der Waals surface area contributed by atoms with Gasteiger partial charge in [0.25, 0.3) is 5.84 Å². The van der Waals surface area contributed by atoms with Crippen LogP contribution >= 0.6 is 23.1 Å². The van der Waals surface area contributed by atoms with Gasteiger partial charge in [0.2, 0.25) is 5.91 Å². The number of aromatic nitrogens is 1. The number of thiazole rings is 1. The van der Waals surface area contributed by atoms with Crippen LogP contribution in [0.25, 0.3) is 10.2 Å². The molecule has 1 aromatic heterocycles. The zero-order valence-electron chi connectivity index (χ0n) is 17.4. The number of dihydropyridines is 1. The predicted octanol–water partition coefficient (Wildman–Crippen LogP) is 3.36. The molecule has 4 rings (SSSR count). The van der Waals surface area contributed by atoms with Crippen LogP contribution in [0, 0.1) is 5.92 Å². The standard InChI is InChI=1S/C21H21N5O3S2/c1-4-7-12-10-22-18-16(19(28)26(3)21(29)25(18)2)17(12)30-11-15(27)24-20-23-13-8-5-6-9-14(13)31-20/h5-6,8-10,16H,4,7,11H2,1-3H3/p+1. The molecule has 0 spiro atoms. The number of carbonyl (C=O) groups is 3. The topological polar surface area (TPSA) is 94.7 Å². The van der Waals surface area contributed by atoms with Crippen LogP contribution in [0.2, 0.25) is 0 Å². The second-order valence-electron chi connectivity index (χ2n) is 7.25. The molecule has 2 aromatic rings. The number of nitrogens with one attached hydrogen (secondary N) is 1. The third kappa shape index (κ3) is 4.05. The first-order chi connectivity index (χ1) is 14.9. The van der Waals surface area contributed by atoms with E-state index in [-0.39, 0.29) is 17.6 Å². The molecule has 10 heteroatoms. The number of benzene rings is 1. The van der Waals surface area contributed by atoms with Gasteiger partial charge >= 0.3 is 11.9 Å². The Bertz CT molecular complexity index is 1150. The lowest BCUT2D eigenvalue weighted by Gasteiger charge is -2.28. The van der Waals surface area contributed by atoms with Crippen molar-refractivity contribution in [3.8, 4) is 0 Å². The minimum atomic E-state index is -0.667. The number of anilines is 1. The maximum atomic E-state index is 12.9.